The molecule has 0 aliphatic heterocycles. The van der Waals surface area contributed by atoms with Crippen molar-refractivity contribution in [1.29, 1.82) is 0 Å². The Labute approximate surface area is 221 Å². The molecule has 0 unspecified atom stereocenters. The van der Waals surface area contributed by atoms with Gasteiger partial charge in [-0.05, 0) is 61.9 Å². The molecular formula is C30H34N2O4S. The van der Waals surface area contributed by atoms with Crippen molar-refractivity contribution >= 4 is 28.2 Å². The minimum Gasteiger partial charge on any atom is -0.489 e. The van der Waals surface area contributed by atoms with E-state index < -0.39 is 11.6 Å². The Morgan fingerprint density at radius 2 is 1.78 bits per heavy atom. The van der Waals surface area contributed by atoms with Crippen LogP contribution in [0.3, 0.4) is 0 Å². The molecule has 37 heavy (non-hydrogen) atoms. The van der Waals surface area contributed by atoms with Crippen LogP contribution < -0.4 is 10.3 Å². The molecule has 194 valence electrons. The first-order chi connectivity index (χ1) is 17.6. The number of carboxylic acid groups (broad SMARTS) is 1. The van der Waals surface area contributed by atoms with Crippen LogP contribution in [-0.2, 0) is 19.7 Å². The fraction of sp³-hybridized carbons (Fsp3) is 0.333. The van der Waals surface area contributed by atoms with E-state index >= 15 is 0 Å². The van der Waals surface area contributed by atoms with Gasteiger partial charge in [0.2, 0.25) is 0 Å². The summed E-state index contributed by atoms with van der Waals surface area (Å²) in [7, 11) is 0. The van der Waals surface area contributed by atoms with Crippen molar-refractivity contribution in [2.45, 2.75) is 59.9 Å². The summed E-state index contributed by atoms with van der Waals surface area (Å²) in [5.74, 6) is 0.860. The number of fused-ring (bicyclic) bond motifs is 1. The van der Waals surface area contributed by atoms with Gasteiger partial charge >= 0.3 is 6.09 Å². The maximum Gasteiger partial charge on any atom is 0.408 e. The summed E-state index contributed by atoms with van der Waals surface area (Å²) in [4.78, 5) is 28.6. The fourth-order valence-electron chi connectivity index (χ4n) is 4.47. The number of thiophene rings is 1. The third-order valence-electron chi connectivity index (χ3n) is 6.26. The van der Waals surface area contributed by atoms with Crippen molar-refractivity contribution < 1.29 is 14.6 Å². The molecule has 0 aliphatic carbocycles. The molecule has 0 atom stereocenters. The lowest BCUT2D eigenvalue weighted by molar-refractivity contribution is 0.0937. The topological polar surface area (TPSA) is 71.8 Å². The Balaban J connectivity index is 1.95. The van der Waals surface area contributed by atoms with Gasteiger partial charge in [0, 0.05) is 39.0 Å². The first-order valence-corrected chi connectivity index (χ1v) is 13.3. The van der Waals surface area contributed by atoms with Gasteiger partial charge in [-0.15, -0.1) is 11.3 Å². The van der Waals surface area contributed by atoms with Gasteiger partial charge in [0.1, 0.15) is 12.4 Å². The number of carbonyl (C=O) groups is 1. The molecule has 6 nitrogen and oxygen atoms in total. The average molecular weight is 519 g/mol. The summed E-state index contributed by atoms with van der Waals surface area (Å²) in [6.45, 7) is 10.7. The van der Waals surface area contributed by atoms with Gasteiger partial charge < -0.3 is 14.4 Å². The highest BCUT2D eigenvalue weighted by Gasteiger charge is 2.30. The number of ether oxygens (including phenoxy) is 1. The lowest BCUT2D eigenvalue weighted by Gasteiger charge is -2.35. The summed E-state index contributed by atoms with van der Waals surface area (Å²) in [5.41, 5.74) is 1.87. The highest BCUT2D eigenvalue weighted by Crippen LogP contribution is 2.37. The number of hydrogen-bond donors (Lipinski definition) is 1. The highest BCUT2D eigenvalue weighted by molar-refractivity contribution is 7.13. The molecule has 2 aromatic carbocycles. The summed E-state index contributed by atoms with van der Waals surface area (Å²) >= 11 is 1.58. The van der Waals surface area contributed by atoms with Crippen molar-refractivity contribution in [1.82, 2.24) is 9.47 Å². The lowest BCUT2D eigenvalue weighted by atomic mass is 9.99. The maximum absolute atomic E-state index is 13.9. The SMILES string of the molecule is CC(C)Cn1c(CN(C(=O)O)C(C)(C)C)c(-c2cccs2)c2cc(OCc3ccccc3)ccc2c1=O. The molecule has 0 spiro atoms. The van der Waals surface area contributed by atoms with Gasteiger partial charge in [-0.1, -0.05) is 50.2 Å². The van der Waals surface area contributed by atoms with E-state index in [1.165, 1.54) is 4.90 Å². The summed E-state index contributed by atoms with van der Waals surface area (Å²) in [6, 6.07) is 19.5. The molecule has 0 bridgehead atoms. The summed E-state index contributed by atoms with van der Waals surface area (Å²) in [5, 5.41) is 13.5. The van der Waals surface area contributed by atoms with E-state index in [2.05, 4.69) is 13.8 Å². The van der Waals surface area contributed by atoms with E-state index in [9.17, 15) is 14.7 Å². The van der Waals surface area contributed by atoms with Crippen LogP contribution in [0, 0.1) is 5.92 Å². The van der Waals surface area contributed by atoms with Gasteiger partial charge in [0.25, 0.3) is 5.56 Å². The first kappa shape index (κ1) is 26.5. The molecule has 7 heteroatoms. The third-order valence-corrected chi connectivity index (χ3v) is 7.15. The molecule has 1 amide bonds. The monoisotopic (exact) mass is 518 g/mol. The molecule has 1 N–H and O–H groups in total. The third kappa shape index (κ3) is 5.88. The van der Waals surface area contributed by atoms with E-state index in [-0.39, 0.29) is 18.0 Å². The van der Waals surface area contributed by atoms with Crippen LogP contribution in [0.15, 0.2) is 70.8 Å². The van der Waals surface area contributed by atoms with Crippen LogP contribution in [0.2, 0.25) is 0 Å². The Bertz CT molecular complexity index is 1430. The molecular weight excluding hydrogens is 484 g/mol. The lowest BCUT2D eigenvalue weighted by Crippen LogP contribution is -2.45. The van der Waals surface area contributed by atoms with Crippen molar-refractivity contribution in [2.75, 3.05) is 0 Å². The van der Waals surface area contributed by atoms with Crippen LogP contribution in [0.5, 0.6) is 5.75 Å². The average Bonchev–Trinajstić information content (AvgIpc) is 3.37. The van der Waals surface area contributed by atoms with E-state index in [0.29, 0.717) is 30.0 Å². The standard InChI is InChI=1S/C30H34N2O4S/c1-20(2)17-31-25(18-32(29(34)35)30(3,4)5)27(26-12-9-15-37-26)24-16-22(13-14-23(24)28(31)33)36-19-21-10-7-6-8-11-21/h6-16,20H,17-19H2,1-5H3,(H,34,35). The minimum absolute atomic E-state index is 0.0963. The van der Waals surface area contributed by atoms with Crippen molar-refractivity contribution in [2.24, 2.45) is 5.92 Å². The fourth-order valence-corrected chi connectivity index (χ4v) is 5.27. The molecule has 4 rings (SSSR count). The Morgan fingerprint density at radius 3 is 2.38 bits per heavy atom. The highest BCUT2D eigenvalue weighted by atomic mass is 32.1. The van der Waals surface area contributed by atoms with E-state index in [0.717, 1.165) is 21.4 Å². The molecule has 0 saturated heterocycles. The molecule has 0 saturated carbocycles. The smallest absolute Gasteiger partial charge is 0.408 e. The quantitative estimate of drug-likeness (QED) is 0.267. The summed E-state index contributed by atoms with van der Waals surface area (Å²) in [6.07, 6.45) is -1.02. The number of pyridine rings is 1. The van der Waals surface area contributed by atoms with E-state index in [1.807, 2.05) is 86.8 Å². The Morgan fingerprint density at radius 1 is 1.05 bits per heavy atom. The number of nitrogens with zero attached hydrogens (tertiary/aromatic N) is 2. The molecule has 2 aromatic heterocycles. The van der Waals surface area contributed by atoms with Gasteiger partial charge in [0.05, 0.1) is 6.54 Å². The number of amides is 1. The van der Waals surface area contributed by atoms with E-state index in [1.54, 1.807) is 15.9 Å². The van der Waals surface area contributed by atoms with Crippen LogP contribution >= 0.6 is 11.3 Å². The largest absolute Gasteiger partial charge is 0.489 e. The number of aromatic nitrogens is 1. The normalized spacial score (nSPS) is 11.7. The zero-order chi connectivity index (χ0) is 26.7. The number of rotatable bonds is 8. The molecule has 0 radical (unpaired) electrons. The zero-order valence-corrected chi connectivity index (χ0v) is 22.8. The summed E-state index contributed by atoms with van der Waals surface area (Å²) < 4.78 is 7.88. The van der Waals surface area contributed by atoms with Gasteiger partial charge in [-0.25, -0.2) is 4.79 Å². The second-order valence-electron chi connectivity index (χ2n) is 10.6. The molecule has 2 heterocycles. The predicted molar refractivity (Wildman–Crippen MR) is 150 cm³/mol. The minimum atomic E-state index is -1.02. The van der Waals surface area contributed by atoms with Crippen LogP contribution in [0.25, 0.3) is 21.2 Å². The van der Waals surface area contributed by atoms with Crippen molar-refractivity contribution in [3.05, 3.63) is 87.7 Å². The van der Waals surface area contributed by atoms with Crippen molar-refractivity contribution in [3.8, 4) is 16.2 Å². The molecule has 0 fully saturated rings. The van der Waals surface area contributed by atoms with Crippen molar-refractivity contribution in [3.63, 3.8) is 0 Å². The van der Waals surface area contributed by atoms with Gasteiger partial charge in [-0.3, -0.25) is 9.69 Å². The van der Waals surface area contributed by atoms with Crippen LogP contribution in [0.4, 0.5) is 4.79 Å². The zero-order valence-electron chi connectivity index (χ0n) is 22.0. The van der Waals surface area contributed by atoms with Gasteiger partial charge in [0.15, 0.2) is 0 Å². The number of benzene rings is 2. The second kappa shape index (κ2) is 10.8. The van der Waals surface area contributed by atoms with Crippen LogP contribution in [0.1, 0.15) is 45.9 Å². The van der Waals surface area contributed by atoms with E-state index in [4.69, 9.17) is 4.74 Å². The first-order valence-electron chi connectivity index (χ1n) is 12.5. The Hall–Kier alpha value is -3.58. The predicted octanol–water partition coefficient (Wildman–Crippen LogP) is 7.24. The second-order valence-corrected chi connectivity index (χ2v) is 11.6. The van der Waals surface area contributed by atoms with Crippen LogP contribution in [-0.4, -0.2) is 26.2 Å². The van der Waals surface area contributed by atoms with Gasteiger partial charge in [-0.2, -0.15) is 0 Å². The number of hydrogen-bond acceptors (Lipinski definition) is 4. The maximum atomic E-state index is 13.9. The Kier molecular flexibility index (Phi) is 7.73. The molecule has 0 aliphatic rings. The molecule has 4 aromatic rings.